The highest BCUT2D eigenvalue weighted by Gasteiger charge is 2.09. The zero-order valence-corrected chi connectivity index (χ0v) is 12.7. The molecule has 2 nitrogen and oxygen atoms in total. The van der Waals surface area contributed by atoms with Gasteiger partial charge in [-0.25, -0.2) is 4.39 Å². The van der Waals surface area contributed by atoms with Crippen LogP contribution in [0.4, 0.5) is 15.8 Å². The normalized spacial score (nSPS) is 10.3. The predicted octanol–water partition coefficient (Wildman–Crippen LogP) is 4.62. The van der Waals surface area contributed by atoms with Crippen LogP contribution in [0.2, 0.25) is 5.02 Å². The van der Waals surface area contributed by atoms with Gasteiger partial charge < -0.3 is 11.1 Å². The number of thiocarbonyl (C=S) groups is 1. The molecule has 3 N–H and O–H groups in total. The van der Waals surface area contributed by atoms with Gasteiger partial charge in [-0.1, -0.05) is 29.9 Å². The fourth-order valence-electron chi connectivity index (χ4n) is 1.52. The lowest BCUT2D eigenvalue weighted by Crippen LogP contribution is -2.09. The van der Waals surface area contributed by atoms with Gasteiger partial charge in [0.25, 0.3) is 0 Å². The fraction of sp³-hybridized carbons (Fsp3) is 0. The molecular weight excluding hydrogens is 351 g/mol. The Kier molecular flexibility index (Phi) is 4.39. The maximum absolute atomic E-state index is 13.7. The van der Waals surface area contributed by atoms with Crippen molar-refractivity contribution in [3.8, 4) is 0 Å². The molecule has 0 aromatic heterocycles. The Hall–Kier alpha value is -1.17. The van der Waals surface area contributed by atoms with Crippen LogP contribution in [-0.4, -0.2) is 4.99 Å². The van der Waals surface area contributed by atoms with E-state index in [9.17, 15) is 4.39 Å². The molecule has 0 spiro atoms. The minimum atomic E-state index is -0.371. The molecule has 2 aromatic rings. The molecule has 0 saturated carbocycles. The molecular formula is C13H9BrClFN2S. The molecule has 98 valence electrons. The third kappa shape index (κ3) is 3.23. The lowest BCUT2D eigenvalue weighted by atomic mass is 10.2. The van der Waals surface area contributed by atoms with E-state index < -0.39 is 0 Å². The summed E-state index contributed by atoms with van der Waals surface area (Å²) in [5.74, 6) is -0.371. The molecule has 6 heteroatoms. The zero-order chi connectivity index (χ0) is 14.0. The second-order valence-corrected chi connectivity index (χ2v) is 5.48. The summed E-state index contributed by atoms with van der Waals surface area (Å²) in [6.07, 6.45) is 0. The summed E-state index contributed by atoms with van der Waals surface area (Å²) in [7, 11) is 0. The minimum Gasteiger partial charge on any atom is -0.389 e. The van der Waals surface area contributed by atoms with Gasteiger partial charge in [0, 0.05) is 10.0 Å². The minimum absolute atomic E-state index is 0.264. The van der Waals surface area contributed by atoms with Gasteiger partial charge in [-0.05, 0) is 46.3 Å². The summed E-state index contributed by atoms with van der Waals surface area (Å²) in [5, 5.41) is 3.35. The van der Waals surface area contributed by atoms with E-state index in [1.165, 1.54) is 6.07 Å². The Morgan fingerprint density at radius 2 is 2.05 bits per heavy atom. The molecule has 0 bridgehead atoms. The van der Waals surface area contributed by atoms with E-state index >= 15 is 0 Å². The largest absolute Gasteiger partial charge is 0.389 e. The van der Waals surface area contributed by atoms with E-state index in [1.54, 1.807) is 30.3 Å². The van der Waals surface area contributed by atoms with E-state index in [2.05, 4.69) is 21.2 Å². The average Bonchev–Trinajstić information content (AvgIpc) is 2.35. The first kappa shape index (κ1) is 14.2. The van der Waals surface area contributed by atoms with Gasteiger partial charge in [-0.2, -0.15) is 0 Å². The highest BCUT2D eigenvalue weighted by molar-refractivity contribution is 9.10. The van der Waals surface area contributed by atoms with Gasteiger partial charge in [-0.15, -0.1) is 0 Å². The van der Waals surface area contributed by atoms with Crippen molar-refractivity contribution in [2.24, 2.45) is 5.73 Å². The number of nitrogens with one attached hydrogen (secondary N) is 1. The highest BCUT2D eigenvalue weighted by atomic mass is 79.9. The van der Waals surface area contributed by atoms with Crippen molar-refractivity contribution in [1.29, 1.82) is 0 Å². The molecule has 0 heterocycles. The Morgan fingerprint density at radius 3 is 2.63 bits per heavy atom. The van der Waals surface area contributed by atoms with Crippen LogP contribution in [0.1, 0.15) is 5.56 Å². The zero-order valence-electron chi connectivity index (χ0n) is 9.58. The molecule has 0 aliphatic rings. The van der Waals surface area contributed by atoms with Crippen molar-refractivity contribution in [3.05, 3.63) is 57.3 Å². The van der Waals surface area contributed by atoms with Crippen molar-refractivity contribution in [3.63, 3.8) is 0 Å². The SMILES string of the molecule is NC(=S)c1ccc(Nc2c(F)cccc2Br)c(Cl)c1. The van der Waals surface area contributed by atoms with Gasteiger partial charge in [0.2, 0.25) is 0 Å². The van der Waals surface area contributed by atoms with E-state index in [4.69, 9.17) is 29.6 Å². The van der Waals surface area contributed by atoms with E-state index in [-0.39, 0.29) is 10.8 Å². The van der Waals surface area contributed by atoms with Crippen LogP contribution in [0.3, 0.4) is 0 Å². The molecule has 0 unspecified atom stereocenters. The number of anilines is 2. The second-order valence-electron chi connectivity index (χ2n) is 3.78. The van der Waals surface area contributed by atoms with Gasteiger partial charge in [0.05, 0.1) is 16.4 Å². The first-order valence-electron chi connectivity index (χ1n) is 5.29. The van der Waals surface area contributed by atoms with Crippen molar-refractivity contribution < 1.29 is 4.39 Å². The second kappa shape index (κ2) is 5.86. The monoisotopic (exact) mass is 358 g/mol. The van der Waals surface area contributed by atoms with Crippen LogP contribution < -0.4 is 11.1 Å². The predicted molar refractivity (Wildman–Crippen MR) is 84.7 cm³/mol. The smallest absolute Gasteiger partial charge is 0.147 e. The fourth-order valence-corrected chi connectivity index (χ4v) is 2.32. The number of para-hydroxylation sites is 1. The first-order chi connectivity index (χ1) is 8.99. The summed E-state index contributed by atoms with van der Waals surface area (Å²) >= 11 is 14.3. The Labute approximate surface area is 128 Å². The van der Waals surface area contributed by atoms with Crippen LogP contribution in [0.25, 0.3) is 0 Å². The number of rotatable bonds is 3. The van der Waals surface area contributed by atoms with Crippen LogP contribution in [-0.2, 0) is 0 Å². The molecule has 2 rings (SSSR count). The maximum Gasteiger partial charge on any atom is 0.147 e. The molecule has 0 aliphatic heterocycles. The van der Waals surface area contributed by atoms with E-state index in [1.807, 2.05) is 0 Å². The molecule has 0 amide bonds. The standard InChI is InChI=1S/C13H9BrClFN2S/c14-8-2-1-3-10(16)12(8)18-11-5-4-7(13(17)19)6-9(11)15/h1-6,18H,(H2,17,19). The molecule has 0 saturated heterocycles. The topological polar surface area (TPSA) is 38.0 Å². The van der Waals surface area contributed by atoms with Crippen molar-refractivity contribution in [2.75, 3.05) is 5.32 Å². The van der Waals surface area contributed by atoms with Crippen LogP contribution >= 0.6 is 39.7 Å². The molecule has 2 aromatic carbocycles. The number of benzene rings is 2. The number of nitrogens with two attached hydrogens (primary N) is 1. The van der Waals surface area contributed by atoms with E-state index in [0.29, 0.717) is 26.4 Å². The van der Waals surface area contributed by atoms with Crippen molar-refractivity contribution >= 4 is 56.1 Å². The van der Waals surface area contributed by atoms with Crippen LogP contribution in [0.15, 0.2) is 40.9 Å². The Balaban J connectivity index is 2.36. The Bertz CT molecular complexity index is 628. The van der Waals surface area contributed by atoms with Crippen molar-refractivity contribution in [1.82, 2.24) is 0 Å². The summed E-state index contributed by atoms with van der Waals surface area (Å²) < 4.78 is 14.3. The number of halogens is 3. The highest BCUT2D eigenvalue weighted by Crippen LogP contribution is 2.32. The average molecular weight is 360 g/mol. The first-order valence-corrected chi connectivity index (χ1v) is 6.87. The molecule has 0 radical (unpaired) electrons. The number of hydrogen-bond donors (Lipinski definition) is 2. The van der Waals surface area contributed by atoms with E-state index in [0.717, 1.165) is 0 Å². The van der Waals surface area contributed by atoms with Gasteiger partial charge in [0.1, 0.15) is 10.8 Å². The molecule has 0 aliphatic carbocycles. The molecule has 19 heavy (non-hydrogen) atoms. The lowest BCUT2D eigenvalue weighted by Gasteiger charge is -2.12. The van der Waals surface area contributed by atoms with Crippen LogP contribution in [0.5, 0.6) is 0 Å². The third-order valence-electron chi connectivity index (χ3n) is 2.48. The maximum atomic E-state index is 13.7. The van der Waals surface area contributed by atoms with Gasteiger partial charge in [-0.3, -0.25) is 0 Å². The lowest BCUT2D eigenvalue weighted by molar-refractivity contribution is 0.631. The van der Waals surface area contributed by atoms with Gasteiger partial charge in [0.15, 0.2) is 0 Å². The summed E-state index contributed by atoms with van der Waals surface area (Å²) in [6, 6.07) is 9.79. The summed E-state index contributed by atoms with van der Waals surface area (Å²) in [4.78, 5) is 0.264. The molecule has 0 atom stereocenters. The van der Waals surface area contributed by atoms with Gasteiger partial charge >= 0.3 is 0 Å². The summed E-state index contributed by atoms with van der Waals surface area (Å²) in [5.41, 5.74) is 7.09. The Morgan fingerprint density at radius 1 is 1.32 bits per heavy atom. The number of hydrogen-bond acceptors (Lipinski definition) is 2. The molecule has 0 fully saturated rings. The van der Waals surface area contributed by atoms with Crippen LogP contribution in [0, 0.1) is 5.82 Å². The summed E-state index contributed by atoms with van der Waals surface area (Å²) in [6.45, 7) is 0. The third-order valence-corrected chi connectivity index (χ3v) is 3.69. The quantitative estimate of drug-likeness (QED) is 0.785. The van der Waals surface area contributed by atoms with Crippen molar-refractivity contribution in [2.45, 2.75) is 0 Å².